The van der Waals surface area contributed by atoms with Gasteiger partial charge in [-0.05, 0) is 13.8 Å². The number of ketones is 1. The van der Waals surface area contributed by atoms with Gasteiger partial charge in [0.2, 0.25) is 0 Å². The Hall–Kier alpha value is -1.32. The van der Waals surface area contributed by atoms with Crippen LogP contribution in [0.15, 0.2) is 11.8 Å². The maximum atomic E-state index is 10.0. The molecule has 0 saturated heterocycles. The number of hydrogen-bond donors (Lipinski definition) is 2. The lowest BCUT2D eigenvalue weighted by atomic mass is 10.4. The largest absolute Gasteiger partial charge is 0.512 e. The molecule has 4 heteroatoms. The van der Waals surface area contributed by atoms with Crippen LogP contribution in [0.3, 0.4) is 0 Å². The molecule has 0 aliphatic heterocycles. The average Bonchev–Trinajstić information content (AvgIpc) is 1.62. The minimum atomic E-state index is -0.250. The molecule has 0 aromatic carbocycles. The van der Waals surface area contributed by atoms with Gasteiger partial charge in [-0.2, -0.15) is 0 Å². The first-order valence-corrected chi connectivity index (χ1v) is 2.50. The monoisotopic (exact) mass is 162 g/mol. The van der Waals surface area contributed by atoms with Gasteiger partial charge in [-0.15, -0.1) is 0 Å². The van der Waals surface area contributed by atoms with Crippen molar-refractivity contribution >= 4 is 12.3 Å². The molecule has 0 aromatic heterocycles. The summed E-state index contributed by atoms with van der Waals surface area (Å²) in [7, 11) is 0. The highest BCUT2D eigenvalue weighted by Gasteiger charge is 1.82. The van der Waals surface area contributed by atoms with Crippen molar-refractivity contribution in [1.82, 2.24) is 0 Å². The van der Waals surface area contributed by atoms with Crippen LogP contribution < -0.4 is 0 Å². The van der Waals surface area contributed by atoms with Gasteiger partial charge in [0.05, 0.1) is 5.76 Å². The smallest absolute Gasteiger partial charge is 0.290 e. The van der Waals surface area contributed by atoms with E-state index in [2.05, 4.69) is 0 Å². The SMILES string of the molecule is C.CC(=O)/C=C(/C)O.O=CO. The average molecular weight is 162 g/mol. The third kappa shape index (κ3) is 53.9. The van der Waals surface area contributed by atoms with Gasteiger partial charge in [-0.3, -0.25) is 9.59 Å². The van der Waals surface area contributed by atoms with Gasteiger partial charge in [-0.1, -0.05) is 7.43 Å². The lowest BCUT2D eigenvalue weighted by Crippen LogP contribution is -1.82. The van der Waals surface area contributed by atoms with Crippen molar-refractivity contribution in [2.75, 3.05) is 0 Å². The van der Waals surface area contributed by atoms with Crippen LogP contribution in [0.2, 0.25) is 0 Å². The number of carbonyl (C=O) groups is 2. The number of carbonyl (C=O) groups excluding carboxylic acids is 1. The van der Waals surface area contributed by atoms with Crippen LogP contribution in [0.5, 0.6) is 0 Å². The molecule has 0 rings (SSSR count). The van der Waals surface area contributed by atoms with Crippen molar-refractivity contribution in [1.29, 1.82) is 0 Å². The van der Waals surface area contributed by atoms with Gasteiger partial charge in [-0.25, -0.2) is 0 Å². The quantitative estimate of drug-likeness (QED) is 0.347. The zero-order chi connectivity index (χ0) is 8.57. The Morgan fingerprint density at radius 3 is 1.64 bits per heavy atom. The number of rotatable bonds is 1. The predicted octanol–water partition coefficient (Wildman–Crippen LogP) is 1.37. The Morgan fingerprint density at radius 2 is 1.64 bits per heavy atom. The summed E-state index contributed by atoms with van der Waals surface area (Å²) < 4.78 is 0. The lowest BCUT2D eigenvalue weighted by molar-refractivity contribution is -0.122. The molecule has 2 N–H and O–H groups in total. The summed E-state index contributed by atoms with van der Waals surface area (Å²) in [4.78, 5) is 18.4. The molecule has 0 fully saturated rings. The molecular formula is C7H14O4. The zero-order valence-corrected chi connectivity index (χ0v) is 5.87. The van der Waals surface area contributed by atoms with E-state index in [1.54, 1.807) is 0 Å². The molecule has 0 aliphatic carbocycles. The first-order valence-electron chi connectivity index (χ1n) is 2.50. The summed E-state index contributed by atoms with van der Waals surface area (Å²) in [5, 5.41) is 15.3. The molecule has 4 nitrogen and oxygen atoms in total. The molecule has 11 heavy (non-hydrogen) atoms. The molecule has 0 saturated carbocycles. The van der Waals surface area contributed by atoms with Crippen LogP contribution in [-0.4, -0.2) is 22.5 Å². The Labute approximate surface area is 66.2 Å². The van der Waals surface area contributed by atoms with Crippen molar-refractivity contribution in [3.8, 4) is 0 Å². The van der Waals surface area contributed by atoms with Crippen LogP contribution >= 0.6 is 0 Å². The molecule has 0 aliphatic rings. The van der Waals surface area contributed by atoms with Gasteiger partial charge in [0.25, 0.3) is 6.47 Å². The third-order valence-corrected chi connectivity index (χ3v) is 0.412. The van der Waals surface area contributed by atoms with Gasteiger partial charge < -0.3 is 10.2 Å². The fraction of sp³-hybridized carbons (Fsp3) is 0.429. The van der Waals surface area contributed by atoms with Crippen molar-refractivity contribution in [2.24, 2.45) is 0 Å². The molecule has 66 valence electrons. The molecule has 0 radical (unpaired) electrons. The second-order valence-corrected chi connectivity index (χ2v) is 1.50. The summed E-state index contributed by atoms with van der Waals surface area (Å²) >= 11 is 0. The van der Waals surface area contributed by atoms with Crippen LogP contribution in [0.4, 0.5) is 0 Å². The maximum absolute atomic E-state index is 10.0. The Bertz CT molecular complexity index is 133. The van der Waals surface area contributed by atoms with E-state index in [9.17, 15) is 4.79 Å². The highest BCUT2D eigenvalue weighted by molar-refractivity contribution is 5.87. The van der Waals surface area contributed by atoms with Gasteiger partial charge in [0, 0.05) is 6.08 Å². The Balaban J connectivity index is -0.000000140. The van der Waals surface area contributed by atoms with E-state index in [0.29, 0.717) is 0 Å². The third-order valence-electron chi connectivity index (χ3n) is 0.412. The topological polar surface area (TPSA) is 74.6 Å². The van der Waals surface area contributed by atoms with Crippen molar-refractivity contribution in [3.63, 3.8) is 0 Å². The van der Waals surface area contributed by atoms with Gasteiger partial charge >= 0.3 is 0 Å². The maximum Gasteiger partial charge on any atom is 0.290 e. The van der Waals surface area contributed by atoms with Crippen molar-refractivity contribution < 1.29 is 19.8 Å². The van der Waals surface area contributed by atoms with E-state index in [0.717, 1.165) is 0 Å². The summed E-state index contributed by atoms with van der Waals surface area (Å²) in [6.45, 7) is 2.60. The minimum absolute atomic E-state index is 0. The van der Waals surface area contributed by atoms with Gasteiger partial charge in [0.15, 0.2) is 5.78 Å². The van der Waals surface area contributed by atoms with E-state index >= 15 is 0 Å². The van der Waals surface area contributed by atoms with E-state index in [4.69, 9.17) is 15.0 Å². The molecule has 0 bridgehead atoms. The summed E-state index contributed by atoms with van der Waals surface area (Å²) in [6, 6.07) is 0. The van der Waals surface area contributed by atoms with Crippen LogP contribution in [0.1, 0.15) is 21.3 Å². The number of aliphatic hydroxyl groups is 1. The highest BCUT2D eigenvalue weighted by Crippen LogP contribution is 1.82. The van der Waals surface area contributed by atoms with E-state index in [-0.39, 0.29) is 25.4 Å². The normalized spacial score (nSPS) is 8.36. The molecule has 0 spiro atoms. The first-order chi connectivity index (χ1) is 4.54. The Kier molecular flexibility index (Phi) is 17.0. The zero-order valence-electron chi connectivity index (χ0n) is 5.87. The highest BCUT2D eigenvalue weighted by atomic mass is 16.3. The number of hydrogen-bond acceptors (Lipinski definition) is 3. The first kappa shape index (κ1) is 16.3. The van der Waals surface area contributed by atoms with Crippen LogP contribution in [0.25, 0.3) is 0 Å². The fourth-order valence-corrected chi connectivity index (χ4v) is 0.294. The molecule has 0 heterocycles. The summed E-state index contributed by atoms with van der Waals surface area (Å²) in [5.74, 6) is -0.0625. The lowest BCUT2D eigenvalue weighted by Gasteiger charge is -1.80. The molecule has 0 unspecified atom stereocenters. The second kappa shape index (κ2) is 11.5. The molecule has 0 atom stereocenters. The number of carboxylic acid groups (broad SMARTS) is 1. The Morgan fingerprint density at radius 1 is 1.36 bits per heavy atom. The van der Waals surface area contributed by atoms with Gasteiger partial charge in [0.1, 0.15) is 0 Å². The fourth-order valence-electron chi connectivity index (χ4n) is 0.294. The molecule has 0 aromatic rings. The molecule has 0 amide bonds. The number of aliphatic hydroxyl groups excluding tert-OH is 1. The summed E-state index contributed by atoms with van der Waals surface area (Å²) in [6.07, 6.45) is 1.17. The van der Waals surface area contributed by atoms with E-state index in [1.165, 1.54) is 19.9 Å². The summed E-state index contributed by atoms with van der Waals surface area (Å²) in [5.41, 5.74) is 0. The van der Waals surface area contributed by atoms with Crippen LogP contribution in [-0.2, 0) is 9.59 Å². The van der Waals surface area contributed by atoms with Crippen molar-refractivity contribution in [3.05, 3.63) is 11.8 Å². The van der Waals surface area contributed by atoms with Crippen LogP contribution in [0, 0.1) is 0 Å². The standard InChI is InChI=1S/C5H8O2.CH2O2.CH4/c1-4(6)3-5(2)7;2-1-3;/h3,6H,1-2H3;1H,(H,2,3);1H4/b4-3-;;. The van der Waals surface area contributed by atoms with Crippen molar-refractivity contribution in [2.45, 2.75) is 21.3 Å². The predicted molar refractivity (Wildman–Crippen MR) is 42.5 cm³/mol. The minimum Gasteiger partial charge on any atom is -0.512 e. The van der Waals surface area contributed by atoms with E-state index < -0.39 is 0 Å². The molecular weight excluding hydrogens is 148 g/mol. The second-order valence-electron chi connectivity index (χ2n) is 1.50. The van der Waals surface area contributed by atoms with E-state index in [1.807, 2.05) is 0 Å². The number of allylic oxidation sites excluding steroid dienone is 2.